The van der Waals surface area contributed by atoms with E-state index in [4.69, 9.17) is 9.15 Å². The van der Waals surface area contributed by atoms with Crippen LogP contribution < -0.4 is 5.63 Å². The second kappa shape index (κ2) is 5.96. The molecule has 0 N–H and O–H groups in total. The van der Waals surface area contributed by atoms with E-state index in [2.05, 4.69) is 5.10 Å². The fourth-order valence-electron chi connectivity index (χ4n) is 2.83. The van der Waals surface area contributed by atoms with Crippen LogP contribution in [0.5, 0.6) is 0 Å². The van der Waals surface area contributed by atoms with Gasteiger partial charge in [0.1, 0.15) is 16.8 Å². The summed E-state index contributed by atoms with van der Waals surface area (Å²) in [6, 6.07) is 13.0. The van der Waals surface area contributed by atoms with Gasteiger partial charge in [-0.2, -0.15) is 5.10 Å². The molecule has 0 saturated carbocycles. The number of carbonyl (C=O) groups excluding carboxylic acids is 2. The molecular formula is C19H12N2O5. The van der Waals surface area contributed by atoms with E-state index in [9.17, 15) is 14.4 Å². The van der Waals surface area contributed by atoms with Crippen LogP contribution >= 0.6 is 0 Å². The van der Waals surface area contributed by atoms with E-state index in [1.165, 1.54) is 30.0 Å². The van der Waals surface area contributed by atoms with Crippen molar-refractivity contribution in [3.8, 4) is 0 Å². The number of nitrogens with zero attached hydrogens (tertiary/aromatic N) is 2. The minimum absolute atomic E-state index is 0.0728. The second-order valence-corrected chi connectivity index (χ2v) is 5.57. The molecule has 0 atom stereocenters. The summed E-state index contributed by atoms with van der Waals surface area (Å²) in [4.78, 5) is 37.2. The summed E-state index contributed by atoms with van der Waals surface area (Å²) in [6.07, 6.45) is 1.48. The van der Waals surface area contributed by atoms with E-state index in [1.807, 2.05) is 0 Å². The van der Waals surface area contributed by atoms with Crippen LogP contribution in [0.3, 0.4) is 0 Å². The zero-order chi connectivity index (χ0) is 18.3. The third-order valence-electron chi connectivity index (χ3n) is 4.06. The van der Waals surface area contributed by atoms with Gasteiger partial charge in [0.05, 0.1) is 18.2 Å². The summed E-state index contributed by atoms with van der Waals surface area (Å²) in [6.45, 7) is 0. The number of esters is 1. The van der Waals surface area contributed by atoms with Crippen LogP contribution in [0.25, 0.3) is 16.5 Å². The standard InChI is InChI=1S/C19H12N2O5/c1-25-18(23)12-10-15(21-14(12)6-4-8-20-21)17(22)13-9-11-5-2-3-7-16(11)26-19(13)24/h2-10H,1H3. The van der Waals surface area contributed by atoms with Gasteiger partial charge < -0.3 is 9.15 Å². The Morgan fingerprint density at radius 3 is 2.69 bits per heavy atom. The van der Waals surface area contributed by atoms with Crippen LogP contribution in [0, 0.1) is 0 Å². The highest BCUT2D eigenvalue weighted by molar-refractivity contribution is 6.11. The lowest BCUT2D eigenvalue weighted by Crippen LogP contribution is -2.16. The SMILES string of the molecule is COC(=O)c1cc(C(=O)c2cc3ccccc3oc2=O)n2ncccc12. The molecule has 7 heteroatoms. The number of fused-ring (bicyclic) bond motifs is 2. The molecule has 0 aliphatic heterocycles. The normalized spacial score (nSPS) is 11.0. The molecule has 26 heavy (non-hydrogen) atoms. The molecule has 3 aromatic heterocycles. The molecule has 3 heterocycles. The lowest BCUT2D eigenvalue weighted by atomic mass is 10.1. The maximum atomic E-state index is 13.0. The molecule has 4 aromatic rings. The zero-order valence-corrected chi connectivity index (χ0v) is 13.6. The van der Waals surface area contributed by atoms with Crippen molar-refractivity contribution in [1.29, 1.82) is 0 Å². The van der Waals surface area contributed by atoms with Crippen molar-refractivity contribution in [2.75, 3.05) is 7.11 Å². The Balaban J connectivity index is 1.94. The first kappa shape index (κ1) is 15.8. The van der Waals surface area contributed by atoms with Crippen molar-refractivity contribution in [3.63, 3.8) is 0 Å². The van der Waals surface area contributed by atoms with Crippen LogP contribution in [-0.2, 0) is 4.74 Å². The predicted octanol–water partition coefficient (Wildman–Crippen LogP) is 2.46. The minimum atomic E-state index is -0.751. The quantitative estimate of drug-likeness (QED) is 0.321. The van der Waals surface area contributed by atoms with Gasteiger partial charge in [0, 0.05) is 11.6 Å². The number of para-hydroxylation sites is 1. The summed E-state index contributed by atoms with van der Waals surface area (Å²) in [5.74, 6) is -1.19. The molecule has 0 amide bonds. The Morgan fingerprint density at radius 2 is 1.88 bits per heavy atom. The maximum absolute atomic E-state index is 13.0. The van der Waals surface area contributed by atoms with Gasteiger partial charge >= 0.3 is 11.6 Å². The third-order valence-corrected chi connectivity index (χ3v) is 4.06. The van der Waals surface area contributed by atoms with E-state index in [0.29, 0.717) is 16.5 Å². The van der Waals surface area contributed by atoms with Crippen LogP contribution in [0.4, 0.5) is 0 Å². The van der Waals surface area contributed by atoms with Gasteiger partial charge in [0.2, 0.25) is 5.78 Å². The molecule has 0 aliphatic rings. The zero-order valence-electron chi connectivity index (χ0n) is 13.6. The van der Waals surface area contributed by atoms with E-state index < -0.39 is 17.4 Å². The number of rotatable bonds is 3. The number of hydrogen-bond acceptors (Lipinski definition) is 6. The molecule has 1 aromatic carbocycles. The van der Waals surface area contributed by atoms with E-state index in [1.54, 1.807) is 36.4 Å². The molecule has 0 aliphatic carbocycles. The Labute approximate surface area is 146 Å². The molecule has 7 nitrogen and oxygen atoms in total. The van der Waals surface area contributed by atoms with E-state index in [0.717, 1.165) is 0 Å². The first-order chi connectivity index (χ1) is 12.6. The van der Waals surface area contributed by atoms with Gasteiger partial charge in [0.15, 0.2) is 0 Å². The number of benzene rings is 1. The molecule has 0 fully saturated rings. The van der Waals surface area contributed by atoms with Crippen molar-refractivity contribution in [3.05, 3.63) is 82.0 Å². The van der Waals surface area contributed by atoms with Crippen molar-refractivity contribution in [2.24, 2.45) is 0 Å². The number of methoxy groups -OCH3 is 1. The molecule has 0 unspecified atom stereocenters. The van der Waals surface area contributed by atoms with Gasteiger partial charge in [0.25, 0.3) is 0 Å². The topological polar surface area (TPSA) is 90.9 Å². The lowest BCUT2D eigenvalue weighted by molar-refractivity contribution is 0.0603. The number of aromatic nitrogens is 2. The second-order valence-electron chi connectivity index (χ2n) is 5.57. The summed E-state index contributed by atoms with van der Waals surface area (Å²) in [5.41, 5.74) is 0.178. The van der Waals surface area contributed by atoms with Gasteiger partial charge in [-0.1, -0.05) is 18.2 Å². The molecule has 4 rings (SSSR count). The summed E-state index contributed by atoms with van der Waals surface area (Å²) in [5, 5.41) is 4.74. The van der Waals surface area contributed by atoms with Gasteiger partial charge in [-0.3, -0.25) is 4.79 Å². The summed E-state index contributed by atoms with van der Waals surface area (Å²) >= 11 is 0. The van der Waals surface area contributed by atoms with Crippen LogP contribution in [0.15, 0.2) is 63.9 Å². The predicted molar refractivity (Wildman–Crippen MR) is 92.4 cm³/mol. The first-order valence-electron chi connectivity index (χ1n) is 7.73. The van der Waals surface area contributed by atoms with Crippen molar-refractivity contribution in [1.82, 2.24) is 9.61 Å². The van der Waals surface area contributed by atoms with Crippen LogP contribution in [-0.4, -0.2) is 28.5 Å². The van der Waals surface area contributed by atoms with Crippen LogP contribution in [0.1, 0.15) is 26.4 Å². The fraction of sp³-hybridized carbons (Fsp3) is 0.0526. The number of ether oxygens (including phenoxy) is 1. The van der Waals surface area contributed by atoms with Crippen molar-refractivity contribution >= 4 is 28.2 Å². The molecule has 0 bridgehead atoms. The minimum Gasteiger partial charge on any atom is -0.465 e. The molecular weight excluding hydrogens is 336 g/mol. The molecule has 0 spiro atoms. The van der Waals surface area contributed by atoms with Gasteiger partial charge in [-0.05, 0) is 30.3 Å². The number of ketones is 1. The smallest absolute Gasteiger partial charge is 0.347 e. The molecule has 128 valence electrons. The summed E-state index contributed by atoms with van der Waals surface area (Å²) < 4.78 is 11.3. The van der Waals surface area contributed by atoms with Gasteiger partial charge in [-0.15, -0.1) is 0 Å². The average molecular weight is 348 g/mol. The first-order valence-corrected chi connectivity index (χ1v) is 7.73. The maximum Gasteiger partial charge on any atom is 0.347 e. The van der Waals surface area contributed by atoms with Crippen LogP contribution in [0.2, 0.25) is 0 Å². The lowest BCUT2D eigenvalue weighted by Gasteiger charge is -2.02. The fourth-order valence-corrected chi connectivity index (χ4v) is 2.83. The number of hydrogen-bond donors (Lipinski definition) is 0. The monoisotopic (exact) mass is 348 g/mol. The highest BCUT2D eigenvalue weighted by Gasteiger charge is 2.24. The van der Waals surface area contributed by atoms with E-state index in [-0.39, 0.29) is 16.8 Å². The highest BCUT2D eigenvalue weighted by atomic mass is 16.5. The number of carbonyl (C=O) groups is 2. The van der Waals surface area contributed by atoms with Crippen molar-refractivity contribution < 1.29 is 18.7 Å². The Morgan fingerprint density at radius 1 is 1.08 bits per heavy atom. The van der Waals surface area contributed by atoms with Gasteiger partial charge in [-0.25, -0.2) is 14.1 Å². The largest absolute Gasteiger partial charge is 0.465 e. The average Bonchev–Trinajstić information content (AvgIpc) is 3.06. The highest BCUT2D eigenvalue weighted by Crippen LogP contribution is 2.20. The summed E-state index contributed by atoms with van der Waals surface area (Å²) in [7, 11) is 1.25. The third kappa shape index (κ3) is 2.37. The Hall–Kier alpha value is -3.74. The molecule has 0 saturated heterocycles. The molecule has 0 radical (unpaired) electrons. The van der Waals surface area contributed by atoms with E-state index >= 15 is 0 Å². The van der Waals surface area contributed by atoms with Crippen molar-refractivity contribution in [2.45, 2.75) is 0 Å². The Kier molecular flexibility index (Phi) is 3.62. The Bertz CT molecular complexity index is 1240.